The van der Waals surface area contributed by atoms with Gasteiger partial charge in [0.15, 0.2) is 0 Å². The number of fused-ring (bicyclic) bond motifs is 1. The number of carbonyl (C=O) groups is 1. The first-order valence-corrected chi connectivity index (χ1v) is 7.68. The molecule has 0 saturated heterocycles. The van der Waals surface area contributed by atoms with Crippen molar-refractivity contribution < 1.29 is 4.79 Å². The second-order valence-electron chi connectivity index (χ2n) is 4.75. The van der Waals surface area contributed by atoms with Crippen molar-refractivity contribution in [3.05, 3.63) is 53.7 Å². The first kappa shape index (κ1) is 13.5. The smallest absolute Gasteiger partial charge is 0.298 e. The van der Waals surface area contributed by atoms with Gasteiger partial charge in [-0.2, -0.15) is 5.21 Å². The van der Waals surface area contributed by atoms with Gasteiger partial charge in [-0.15, -0.1) is 21.5 Å². The fourth-order valence-electron chi connectivity index (χ4n) is 2.30. The lowest BCUT2D eigenvalue weighted by molar-refractivity contribution is 0.101. The van der Waals surface area contributed by atoms with E-state index in [-0.39, 0.29) is 5.82 Å². The van der Waals surface area contributed by atoms with Crippen LogP contribution in [0.5, 0.6) is 0 Å². The fraction of sp³-hybridized carbons (Fsp3) is 0. The largest absolute Gasteiger partial charge is 0.303 e. The molecule has 0 atom stereocenters. The Hall–Kier alpha value is -3.13. The topological polar surface area (TPSA) is 96.5 Å². The van der Waals surface area contributed by atoms with E-state index in [9.17, 15) is 4.79 Å². The van der Waals surface area contributed by atoms with Gasteiger partial charge in [-0.1, -0.05) is 42.5 Å². The molecule has 0 fully saturated rings. The molecule has 2 N–H and O–H groups in total. The lowest BCUT2D eigenvalue weighted by Crippen LogP contribution is -2.14. The molecular weight excluding hydrogens is 312 g/mol. The van der Waals surface area contributed by atoms with Crippen LogP contribution in [0.3, 0.4) is 0 Å². The summed E-state index contributed by atoms with van der Waals surface area (Å²) in [5, 5.41) is 20.4. The molecule has 2 heterocycles. The van der Waals surface area contributed by atoms with E-state index in [1.54, 1.807) is 5.38 Å². The summed E-state index contributed by atoms with van der Waals surface area (Å²) >= 11 is 1.47. The highest BCUT2D eigenvalue weighted by Gasteiger charge is 2.14. The maximum Gasteiger partial charge on any atom is 0.298 e. The van der Waals surface area contributed by atoms with Crippen LogP contribution in [0.4, 0.5) is 5.82 Å². The van der Waals surface area contributed by atoms with E-state index >= 15 is 0 Å². The third kappa shape index (κ3) is 2.55. The molecule has 4 rings (SSSR count). The normalized spacial score (nSPS) is 10.8. The van der Waals surface area contributed by atoms with E-state index in [2.05, 4.69) is 49.1 Å². The molecule has 8 heteroatoms. The predicted molar refractivity (Wildman–Crippen MR) is 87.2 cm³/mol. The van der Waals surface area contributed by atoms with Crippen LogP contribution in [0.25, 0.3) is 21.3 Å². The maximum atomic E-state index is 11.9. The molecule has 0 aliphatic rings. The summed E-state index contributed by atoms with van der Waals surface area (Å²) in [6.45, 7) is 0. The number of thiazole rings is 1. The Kier molecular flexibility index (Phi) is 3.28. The minimum absolute atomic E-state index is 0.0234. The van der Waals surface area contributed by atoms with E-state index in [1.165, 1.54) is 11.3 Å². The van der Waals surface area contributed by atoms with Gasteiger partial charge in [-0.3, -0.25) is 4.79 Å². The SMILES string of the molecule is O=C(Nc1csc(-c2cccc3ccccc23)n1)c1nn[nH]n1. The Morgan fingerprint density at radius 2 is 2.00 bits per heavy atom. The van der Waals surface area contributed by atoms with Gasteiger partial charge in [-0.05, 0) is 16.0 Å². The molecule has 0 radical (unpaired) electrons. The number of carbonyl (C=O) groups excluding carboxylic acids is 1. The van der Waals surface area contributed by atoms with E-state index in [1.807, 2.05) is 24.3 Å². The van der Waals surface area contributed by atoms with E-state index in [4.69, 9.17) is 0 Å². The summed E-state index contributed by atoms with van der Waals surface area (Å²) in [5.41, 5.74) is 1.04. The standard InChI is InChI=1S/C15H10N6OS/c22-14(13-18-20-21-19-13)16-12-8-23-15(17-12)11-7-3-5-9-4-1-2-6-10(9)11/h1-8H,(H,16,22)(H,18,19,20,21). The van der Waals surface area contributed by atoms with Crippen molar-refractivity contribution in [1.82, 2.24) is 25.6 Å². The van der Waals surface area contributed by atoms with Crippen molar-refractivity contribution in [2.75, 3.05) is 5.32 Å². The quantitative estimate of drug-likeness (QED) is 0.604. The van der Waals surface area contributed by atoms with Crippen LogP contribution in [-0.2, 0) is 0 Å². The first-order chi connectivity index (χ1) is 11.3. The summed E-state index contributed by atoms with van der Waals surface area (Å²) in [7, 11) is 0. The zero-order chi connectivity index (χ0) is 15.6. The van der Waals surface area contributed by atoms with Crippen LogP contribution in [0.15, 0.2) is 47.8 Å². The van der Waals surface area contributed by atoms with Crippen LogP contribution in [-0.4, -0.2) is 31.5 Å². The van der Waals surface area contributed by atoms with Gasteiger partial charge >= 0.3 is 0 Å². The minimum Gasteiger partial charge on any atom is -0.303 e. The molecule has 0 spiro atoms. The molecule has 4 aromatic rings. The number of tetrazole rings is 1. The highest BCUT2D eigenvalue weighted by atomic mass is 32.1. The number of anilines is 1. The van der Waals surface area contributed by atoms with Gasteiger partial charge in [0.1, 0.15) is 10.8 Å². The van der Waals surface area contributed by atoms with Gasteiger partial charge < -0.3 is 5.32 Å². The number of amides is 1. The molecule has 0 aliphatic heterocycles. The second kappa shape index (κ2) is 5.58. The molecule has 7 nitrogen and oxygen atoms in total. The lowest BCUT2D eigenvalue weighted by atomic mass is 10.1. The van der Waals surface area contributed by atoms with E-state index in [0.717, 1.165) is 21.3 Å². The van der Waals surface area contributed by atoms with Crippen molar-refractivity contribution >= 4 is 33.8 Å². The molecule has 2 aromatic carbocycles. The van der Waals surface area contributed by atoms with Gasteiger partial charge in [0.05, 0.1) is 0 Å². The number of H-pyrrole nitrogens is 1. The third-order valence-electron chi connectivity index (χ3n) is 3.31. The van der Waals surface area contributed by atoms with Gasteiger partial charge in [-0.25, -0.2) is 4.98 Å². The Morgan fingerprint density at radius 1 is 1.13 bits per heavy atom. The molecule has 0 aliphatic carbocycles. The van der Waals surface area contributed by atoms with Crippen molar-refractivity contribution in [3.63, 3.8) is 0 Å². The molecule has 2 aromatic heterocycles. The molecule has 1 amide bonds. The summed E-state index contributed by atoms with van der Waals surface area (Å²) < 4.78 is 0. The Labute approximate surface area is 134 Å². The van der Waals surface area contributed by atoms with Crippen molar-refractivity contribution in [2.24, 2.45) is 0 Å². The molecular formula is C15H10N6OS. The number of rotatable bonds is 3. The second-order valence-corrected chi connectivity index (χ2v) is 5.61. The number of nitrogens with zero attached hydrogens (tertiary/aromatic N) is 4. The van der Waals surface area contributed by atoms with Crippen LogP contribution < -0.4 is 5.32 Å². The monoisotopic (exact) mass is 322 g/mol. The molecule has 112 valence electrons. The number of hydrogen-bond donors (Lipinski definition) is 2. The molecule has 0 unspecified atom stereocenters. The van der Waals surface area contributed by atoms with Crippen LogP contribution in [0.2, 0.25) is 0 Å². The Balaban J connectivity index is 1.66. The zero-order valence-electron chi connectivity index (χ0n) is 11.7. The number of nitrogens with one attached hydrogen (secondary N) is 2. The van der Waals surface area contributed by atoms with Crippen molar-refractivity contribution in [2.45, 2.75) is 0 Å². The van der Waals surface area contributed by atoms with Gasteiger partial charge in [0.25, 0.3) is 11.7 Å². The predicted octanol–water partition coefficient (Wildman–Crippen LogP) is 2.73. The number of benzene rings is 2. The summed E-state index contributed by atoms with van der Waals surface area (Å²) in [6, 6.07) is 14.2. The number of aromatic amines is 1. The fourth-order valence-corrected chi connectivity index (χ4v) is 3.09. The highest BCUT2D eigenvalue weighted by molar-refractivity contribution is 7.13. The third-order valence-corrected chi connectivity index (χ3v) is 4.19. The zero-order valence-corrected chi connectivity index (χ0v) is 12.5. The maximum absolute atomic E-state index is 11.9. The Bertz CT molecular complexity index is 973. The van der Waals surface area contributed by atoms with Crippen molar-refractivity contribution in [3.8, 4) is 10.6 Å². The molecule has 0 bridgehead atoms. The van der Waals surface area contributed by atoms with Gasteiger partial charge in [0.2, 0.25) is 0 Å². The number of aromatic nitrogens is 5. The summed E-state index contributed by atoms with van der Waals surface area (Å²) in [5.74, 6) is -0.00837. The first-order valence-electron chi connectivity index (χ1n) is 6.80. The van der Waals surface area contributed by atoms with E-state index < -0.39 is 5.91 Å². The summed E-state index contributed by atoms with van der Waals surface area (Å²) in [6.07, 6.45) is 0. The molecule has 0 saturated carbocycles. The summed E-state index contributed by atoms with van der Waals surface area (Å²) in [4.78, 5) is 16.4. The van der Waals surface area contributed by atoms with E-state index in [0.29, 0.717) is 5.82 Å². The minimum atomic E-state index is -0.450. The molecule has 23 heavy (non-hydrogen) atoms. The van der Waals surface area contributed by atoms with Crippen LogP contribution in [0.1, 0.15) is 10.6 Å². The van der Waals surface area contributed by atoms with Gasteiger partial charge in [0, 0.05) is 10.9 Å². The average molecular weight is 322 g/mol. The van der Waals surface area contributed by atoms with Crippen molar-refractivity contribution in [1.29, 1.82) is 0 Å². The number of hydrogen-bond acceptors (Lipinski definition) is 6. The highest BCUT2D eigenvalue weighted by Crippen LogP contribution is 2.32. The van der Waals surface area contributed by atoms with Crippen LogP contribution in [0, 0.1) is 0 Å². The lowest BCUT2D eigenvalue weighted by Gasteiger charge is -2.03. The Morgan fingerprint density at radius 3 is 2.87 bits per heavy atom. The average Bonchev–Trinajstić information content (AvgIpc) is 3.26. The van der Waals surface area contributed by atoms with Crippen LogP contribution >= 0.6 is 11.3 Å².